The topological polar surface area (TPSA) is 74.2 Å². The van der Waals surface area contributed by atoms with E-state index in [9.17, 15) is 9.59 Å². The van der Waals surface area contributed by atoms with E-state index in [1.54, 1.807) is 37.3 Å². The third-order valence-electron chi connectivity index (χ3n) is 3.70. The first kappa shape index (κ1) is 18.8. The van der Waals surface area contributed by atoms with Gasteiger partial charge in [0.1, 0.15) is 0 Å². The Labute approximate surface area is 164 Å². The molecule has 2 aromatic rings. The summed E-state index contributed by atoms with van der Waals surface area (Å²) in [7, 11) is 1.48. The van der Waals surface area contributed by atoms with Gasteiger partial charge in [0.2, 0.25) is 5.90 Å². The zero-order chi connectivity index (χ0) is 19.4. The van der Waals surface area contributed by atoms with Crippen LogP contribution >= 0.6 is 15.9 Å². The fraction of sp³-hybridized carbons (Fsp3) is 0.150. The maximum absolute atomic E-state index is 12.1. The predicted octanol–water partition coefficient (Wildman–Crippen LogP) is 4.12. The summed E-state index contributed by atoms with van der Waals surface area (Å²) in [5, 5.41) is 0. The number of aliphatic imine (C=N–C) groups is 1. The molecule has 0 atom stereocenters. The van der Waals surface area contributed by atoms with Crippen LogP contribution in [-0.2, 0) is 14.3 Å². The van der Waals surface area contributed by atoms with Crippen molar-refractivity contribution in [3.05, 3.63) is 63.8 Å². The number of halogens is 1. The Morgan fingerprint density at radius 1 is 1.22 bits per heavy atom. The number of cyclic esters (lactones) is 1. The SMILES string of the molecule is CCC(=O)Oc1ccc(/C=C2/N=C(c3cccc(Br)c3)OC2=O)cc1OC. The maximum atomic E-state index is 12.1. The van der Waals surface area contributed by atoms with Gasteiger partial charge in [-0.25, -0.2) is 9.79 Å². The molecule has 0 spiro atoms. The van der Waals surface area contributed by atoms with E-state index in [0.717, 1.165) is 4.47 Å². The predicted molar refractivity (Wildman–Crippen MR) is 104 cm³/mol. The van der Waals surface area contributed by atoms with E-state index >= 15 is 0 Å². The molecule has 0 bridgehead atoms. The molecule has 0 N–H and O–H groups in total. The van der Waals surface area contributed by atoms with Crippen molar-refractivity contribution in [2.24, 2.45) is 4.99 Å². The summed E-state index contributed by atoms with van der Waals surface area (Å²) in [6.45, 7) is 1.71. The summed E-state index contributed by atoms with van der Waals surface area (Å²) in [5.41, 5.74) is 1.53. The average molecular weight is 430 g/mol. The highest BCUT2D eigenvalue weighted by molar-refractivity contribution is 9.10. The average Bonchev–Trinajstić information content (AvgIpc) is 3.03. The zero-order valence-corrected chi connectivity index (χ0v) is 16.3. The number of ether oxygens (including phenoxy) is 3. The summed E-state index contributed by atoms with van der Waals surface area (Å²) in [4.78, 5) is 27.9. The number of rotatable bonds is 5. The van der Waals surface area contributed by atoms with Crippen LogP contribution in [0.25, 0.3) is 6.08 Å². The fourth-order valence-corrected chi connectivity index (χ4v) is 2.76. The molecular formula is C20H16BrNO5. The molecule has 7 heteroatoms. The monoisotopic (exact) mass is 429 g/mol. The van der Waals surface area contributed by atoms with E-state index in [4.69, 9.17) is 14.2 Å². The normalized spacial score (nSPS) is 14.7. The van der Waals surface area contributed by atoms with E-state index in [-0.39, 0.29) is 24.0 Å². The highest BCUT2D eigenvalue weighted by Gasteiger charge is 2.24. The number of nitrogens with zero attached hydrogens (tertiary/aromatic N) is 1. The Bertz CT molecular complexity index is 965. The minimum Gasteiger partial charge on any atom is -0.493 e. The van der Waals surface area contributed by atoms with E-state index in [0.29, 0.717) is 22.6 Å². The number of benzene rings is 2. The molecule has 1 heterocycles. The molecule has 0 unspecified atom stereocenters. The lowest BCUT2D eigenvalue weighted by atomic mass is 10.1. The van der Waals surface area contributed by atoms with E-state index < -0.39 is 5.97 Å². The van der Waals surface area contributed by atoms with Crippen LogP contribution in [0.3, 0.4) is 0 Å². The lowest BCUT2D eigenvalue weighted by Crippen LogP contribution is -2.06. The number of carbonyl (C=O) groups excluding carboxylic acids is 2. The lowest BCUT2D eigenvalue weighted by Gasteiger charge is -2.09. The smallest absolute Gasteiger partial charge is 0.363 e. The molecule has 0 saturated heterocycles. The summed E-state index contributed by atoms with van der Waals surface area (Å²) in [6.07, 6.45) is 1.84. The van der Waals surface area contributed by atoms with Crippen LogP contribution in [0.2, 0.25) is 0 Å². The molecule has 0 fully saturated rings. The molecule has 3 rings (SSSR count). The summed E-state index contributed by atoms with van der Waals surface area (Å²) >= 11 is 3.38. The molecule has 0 radical (unpaired) electrons. The first-order valence-electron chi connectivity index (χ1n) is 8.17. The minimum atomic E-state index is -0.537. The van der Waals surface area contributed by atoms with Gasteiger partial charge in [-0.05, 0) is 42.0 Å². The van der Waals surface area contributed by atoms with Gasteiger partial charge in [0.15, 0.2) is 17.2 Å². The molecular weight excluding hydrogens is 414 g/mol. The van der Waals surface area contributed by atoms with Crippen molar-refractivity contribution < 1.29 is 23.8 Å². The van der Waals surface area contributed by atoms with Crippen molar-refractivity contribution in [3.8, 4) is 11.5 Å². The Hall–Kier alpha value is -2.93. The van der Waals surface area contributed by atoms with Crippen LogP contribution in [0.1, 0.15) is 24.5 Å². The summed E-state index contributed by atoms with van der Waals surface area (Å²) in [5.74, 6) is 0.0491. The van der Waals surface area contributed by atoms with E-state index in [1.807, 2.05) is 18.2 Å². The first-order chi connectivity index (χ1) is 13.0. The highest BCUT2D eigenvalue weighted by Crippen LogP contribution is 2.30. The quantitative estimate of drug-likeness (QED) is 0.406. The van der Waals surface area contributed by atoms with Crippen molar-refractivity contribution in [3.63, 3.8) is 0 Å². The van der Waals surface area contributed by atoms with Crippen molar-refractivity contribution in [2.45, 2.75) is 13.3 Å². The van der Waals surface area contributed by atoms with Gasteiger partial charge in [-0.1, -0.05) is 35.0 Å². The third-order valence-corrected chi connectivity index (χ3v) is 4.19. The second-order valence-corrected chi connectivity index (χ2v) is 6.50. The summed E-state index contributed by atoms with van der Waals surface area (Å²) < 4.78 is 16.6. The largest absolute Gasteiger partial charge is 0.493 e. The van der Waals surface area contributed by atoms with Gasteiger partial charge < -0.3 is 14.2 Å². The van der Waals surface area contributed by atoms with Crippen molar-refractivity contribution >= 4 is 39.8 Å². The molecule has 2 aromatic carbocycles. The number of methoxy groups -OCH3 is 1. The zero-order valence-electron chi connectivity index (χ0n) is 14.7. The number of hydrogen-bond donors (Lipinski definition) is 0. The van der Waals surface area contributed by atoms with Gasteiger partial charge >= 0.3 is 11.9 Å². The molecule has 0 saturated carbocycles. The molecule has 27 heavy (non-hydrogen) atoms. The van der Waals surface area contributed by atoms with Crippen molar-refractivity contribution in [2.75, 3.05) is 7.11 Å². The van der Waals surface area contributed by atoms with Crippen LogP contribution in [0.4, 0.5) is 0 Å². The van der Waals surface area contributed by atoms with Crippen LogP contribution in [0.15, 0.2) is 57.6 Å². The van der Waals surface area contributed by atoms with Crippen molar-refractivity contribution in [1.29, 1.82) is 0 Å². The van der Waals surface area contributed by atoms with Gasteiger partial charge in [-0.3, -0.25) is 4.79 Å². The standard InChI is InChI=1S/C20H16BrNO5/c1-3-18(23)26-16-8-7-12(10-17(16)25-2)9-15-20(24)27-19(22-15)13-5-4-6-14(21)11-13/h4-11H,3H2,1-2H3/b15-9+. The summed E-state index contributed by atoms with van der Waals surface area (Å²) in [6, 6.07) is 12.3. The van der Waals surface area contributed by atoms with Crippen LogP contribution in [0, 0.1) is 0 Å². The van der Waals surface area contributed by atoms with Gasteiger partial charge in [0, 0.05) is 16.5 Å². The van der Waals surface area contributed by atoms with Gasteiger partial charge in [0.25, 0.3) is 0 Å². The Balaban J connectivity index is 1.89. The fourth-order valence-electron chi connectivity index (χ4n) is 2.37. The minimum absolute atomic E-state index is 0.172. The Morgan fingerprint density at radius 3 is 2.74 bits per heavy atom. The molecule has 6 nitrogen and oxygen atoms in total. The Kier molecular flexibility index (Phi) is 5.71. The second-order valence-electron chi connectivity index (χ2n) is 5.58. The first-order valence-corrected chi connectivity index (χ1v) is 8.96. The van der Waals surface area contributed by atoms with Crippen LogP contribution in [0.5, 0.6) is 11.5 Å². The Morgan fingerprint density at radius 2 is 2.04 bits per heavy atom. The second kappa shape index (κ2) is 8.18. The number of carbonyl (C=O) groups is 2. The van der Waals surface area contributed by atoms with E-state index in [1.165, 1.54) is 7.11 Å². The third kappa shape index (κ3) is 4.43. The molecule has 1 aliphatic rings. The molecule has 0 aromatic heterocycles. The molecule has 0 amide bonds. The molecule has 138 valence electrons. The van der Waals surface area contributed by atoms with Gasteiger partial charge in [-0.2, -0.15) is 0 Å². The van der Waals surface area contributed by atoms with Crippen LogP contribution < -0.4 is 9.47 Å². The van der Waals surface area contributed by atoms with Gasteiger partial charge in [0.05, 0.1) is 7.11 Å². The number of esters is 2. The van der Waals surface area contributed by atoms with Crippen molar-refractivity contribution in [1.82, 2.24) is 0 Å². The van der Waals surface area contributed by atoms with Crippen LogP contribution in [-0.4, -0.2) is 24.9 Å². The van der Waals surface area contributed by atoms with Gasteiger partial charge in [-0.15, -0.1) is 0 Å². The highest BCUT2D eigenvalue weighted by atomic mass is 79.9. The number of hydrogen-bond acceptors (Lipinski definition) is 6. The maximum Gasteiger partial charge on any atom is 0.363 e. The van der Waals surface area contributed by atoms with E-state index in [2.05, 4.69) is 20.9 Å². The molecule has 1 aliphatic heterocycles. The molecule has 0 aliphatic carbocycles. The lowest BCUT2D eigenvalue weighted by molar-refractivity contribution is -0.134.